The number of aromatic nitrogens is 2. The van der Waals surface area contributed by atoms with Gasteiger partial charge in [0.2, 0.25) is 0 Å². The maximum Gasteiger partial charge on any atom is 0.265 e. The van der Waals surface area contributed by atoms with E-state index >= 15 is 0 Å². The number of nitrogens with zero attached hydrogens (tertiary/aromatic N) is 1. The van der Waals surface area contributed by atoms with E-state index in [-0.39, 0.29) is 33.7 Å². The fraction of sp³-hybridized carbons (Fsp3) is 0.160. The summed E-state index contributed by atoms with van der Waals surface area (Å²) in [6.45, 7) is 0. The zero-order valence-electron chi connectivity index (χ0n) is 16.9. The SMILES string of the molecule is O=C(c1ccc(F)cc1)c1c2ccccc2c(=O)n2c1[nH]c(=O)c1c3c(sc12)CCCC3. The molecule has 1 N–H and O–H groups in total. The molecule has 0 fully saturated rings. The lowest BCUT2D eigenvalue weighted by atomic mass is 9.96. The Kier molecular flexibility index (Phi) is 4.16. The Labute approximate surface area is 184 Å². The summed E-state index contributed by atoms with van der Waals surface area (Å²) in [4.78, 5) is 44.9. The number of rotatable bonds is 2. The van der Waals surface area contributed by atoms with Crippen molar-refractivity contribution in [2.75, 3.05) is 0 Å². The van der Waals surface area contributed by atoms with Gasteiger partial charge < -0.3 is 4.98 Å². The van der Waals surface area contributed by atoms with E-state index in [0.29, 0.717) is 21.0 Å². The van der Waals surface area contributed by atoms with Crippen molar-refractivity contribution in [3.8, 4) is 0 Å². The Morgan fingerprint density at radius 1 is 0.969 bits per heavy atom. The number of pyridine rings is 1. The molecule has 0 bridgehead atoms. The molecule has 1 aliphatic rings. The van der Waals surface area contributed by atoms with Gasteiger partial charge >= 0.3 is 0 Å². The first-order valence-electron chi connectivity index (χ1n) is 10.5. The minimum atomic E-state index is -0.445. The van der Waals surface area contributed by atoms with E-state index < -0.39 is 5.82 Å². The third kappa shape index (κ3) is 2.64. The second-order valence-corrected chi connectivity index (χ2v) is 9.17. The van der Waals surface area contributed by atoms with E-state index in [1.807, 2.05) is 0 Å². The molecule has 5 nitrogen and oxygen atoms in total. The number of halogens is 1. The van der Waals surface area contributed by atoms with Crippen LogP contribution in [0.25, 0.3) is 26.6 Å². The number of ketones is 1. The molecule has 0 aliphatic heterocycles. The Morgan fingerprint density at radius 2 is 1.69 bits per heavy atom. The molecule has 2 aromatic carbocycles. The average Bonchev–Trinajstić information content (AvgIpc) is 3.19. The number of nitrogens with one attached hydrogen (secondary N) is 1. The van der Waals surface area contributed by atoms with Crippen LogP contribution in [0.5, 0.6) is 0 Å². The van der Waals surface area contributed by atoms with Crippen molar-refractivity contribution >= 4 is 43.8 Å². The number of hydrogen-bond donors (Lipinski definition) is 1. The van der Waals surface area contributed by atoms with Crippen LogP contribution in [0.1, 0.15) is 39.2 Å². The van der Waals surface area contributed by atoms with Gasteiger partial charge in [0.25, 0.3) is 11.1 Å². The molecule has 7 heteroatoms. The quantitative estimate of drug-likeness (QED) is 0.319. The molecule has 0 unspecified atom stereocenters. The molecule has 158 valence electrons. The van der Waals surface area contributed by atoms with Gasteiger partial charge in [-0.2, -0.15) is 0 Å². The van der Waals surface area contributed by atoms with Crippen molar-refractivity contribution in [1.29, 1.82) is 0 Å². The van der Waals surface area contributed by atoms with Crippen molar-refractivity contribution in [3.05, 3.63) is 96.6 Å². The van der Waals surface area contributed by atoms with Gasteiger partial charge in [0.05, 0.1) is 10.9 Å². The third-order valence-electron chi connectivity index (χ3n) is 6.24. The summed E-state index contributed by atoms with van der Waals surface area (Å²) in [5.74, 6) is -0.824. The van der Waals surface area contributed by atoms with Crippen molar-refractivity contribution in [3.63, 3.8) is 0 Å². The molecule has 0 radical (unpaired) electrons. The lowest BCUT2D eigenvalue weighted by molar-refractivity contribution is 0.104. The molecule has 5 aromatic rings. The van der Waals surface area contributed by atoms with E-state index in [0.717, 1.165) is 36.1 Å². The summed E-state index contributed by atoms with van der Waals surface area (Å²) >= 11 is 1.47. The van der Waals surface area contributed by atoms with Crippen LogP contribution >= 0.6 is 11.3 Å². The van der Waals surface area contributed by atoms with E-state index in [9.17, 15) is 18.8 Å². The molecule has 1 aliphatic carbocycles. The van der Waals surface area contributed by atoms with Crippen LogP contribution in [0.3, 0.4) is 0 Å². The minimum absolute atomic E-state index is 0.180. The Bertz CT molecular complexity index is 1690. The Hall–Kier alpha value is -3.58. The first-order chi connectivity index (χ1) is 15.5. The van der Waals surface area contributed by atoms with Crippen LogP contribution < -0.4 is 11.1 Å². The number of carbonyl (C=O) groups excluding carboxylic acids is 1. The number of aryl methyl sites for hydroxylation is 2. The number of H-pyrrole nitrogens is 1. The van der Waals surface area contributed by atoms with Crippen LogP contribution in [-0.2, 0) is 12.8 Å². The first kappa shape index (κ1) is 19.1. The van der Waals surface area contributed by atoms with Crippen LogP contribution in [0, 0.1) is 5.82 Å². The fourth-order valence-electron chi connectivity index (χ4n) is 4.75. The van der Waals surface area contributed by atoms with Crippen LogP contribution in [-0.4, -0.2) is 15.2 Å². The zero-order chi connectivity index (χ0) is 22.0. The highest BCUT2D eigenvalue weighted by atomic mass is 32.1. The number of thiophene rings is 1. The largest absolute Gasteiger partial charge is 0.307 e. The molecule has 32 heavy (non-hydrogen) atoms. The number of fused-ring (bicyclic) bond motifs is 6. The summed E-state index contributed by atoms with van der Waals surface area (Å²) in [5, 5.41) is 1.41. The Balaban J connectivity index is 1.81. The van der Waals surface area contributed by atoms with E-state index in [2.05, 4.69) is 4.98 Å². The molecule has 0 saturated carbocycles. The van der Waals surface area contributed by atoms with Crippen LogP contribution in [0.2, 0.25) is 0 Å². The molecule has 0 spiro atoms. The van der Waals surface area contributed by atoms with Crippen molar-refractivity contribution in [2.24, 2.45) is 0 Å². The molecular weight excluding hydrogens is 427 g/mol. The predicted octanol–water partition coefficient (Wildman–Crippen LogP) is 4.60. The molecule has 0 saturated heterocycles. The number of carbonyl (C=O) groups is 1. The molecule has 0 amide bonds. The predicted molar refractivity (Wildman–Crippen MR) is 124 cm³/mol. The van der Waals surface area contributed by atoms with Crippen molar-refractivity contribution in [2.45, 2.75) is 25.7 Å². The molecular formula is C25H17FN2O3S. The zero-order valence-corrected chi connectivity index (χ0v) is 17.7. The number of aromatic amines is 1. The summed E-state index contributed by atoms with van der Waals surface area (Å²) in [5.41, 5.74) is 1.15. The van der Waals surface area contributed by atoms with Crippen LogP contribution in [0.4, 0.5) is 4.39 Å². The van der Waals surface area contributed by atoms with E-state index in [1.54, 1.807) is 24.3 Å². The van der Waals surface area contributed by atoms with Gasteiger partial charge in [-0.1, -0.05) is 18.2 Å². The maximum absolute atomic E-state index is 13.6. The highest BCUT2D eigenvalue weighted by Gasteiger charge is 2.25. The van der Waals surface area contributed by atoms with Crippen LogP contribution in [0.15, 0.2) is 58.1 Å². The minimum Gasteiger partial charge on any atom is -0.307 e. The molecule has 3 aromatic heterocycles. The topological polar surface area (TPSA) is 71.4 Å². The average molecular weight is 444 g/mol. The molecule has 3 heterocycles. The lowest BCUT2D eigenvalue weighted by Crippen LogP contribution is -2.23. The maximum atomic E-state index is 13.6. The van der Waals surface area contributed by atoms with Gasteiger partial charge in [0, 0.05) is 21.2 Å². The van der Waals surface area contributed by atoms with Crippen molar-refractivity contribution in [1.82, 2.24) is 9.38 Å². The summed E-state index contributed by atoms with van der Waals surface area (Å²) < 4.78 is 14.9. The second kappa shape index (κ2) is 6.97. The number of hydrogen-bond acceptors (Lipinski definition) is 4. The Morgan fingerprint density at radius 3 is 2.47 bits per heavy atom. The highest BCUT2D eigenvalue weighted by molar-refractivity contribution is 7.18. The van der Waals surface area contributed by atoms with Crippen molar-refractivity contribution < 1.29 is 9.18 Å². The summed E-state index contributed by atoms with van der Waals surface area (Å²) in [6, 6.07) is 12.2. The smallest absolute Gasteiger partial charge is 0.265 e. The van der Waals surface area contributed by atoms with Gasteiger partial charge in [-0.25, -0.2) is 4.39 Å². The standard InChI is InChI=1S/C25H17FN2O3S/c26-14-11-9-13(10-12-14)21(29)19-15-5-1-2-6-16(15)24(31)28-22(19)27-23(30)20-17-7-3-4-8-18(17)32-25(20)28/h1-2,5-6,9-12H,3-4,7-8H2,(H,27,30). The number of benzene rings is 2. The van der Waals surface area contributed by atoms with Gasteiger partial charge in [0.1, 0.15) is 16.3 Å². The molecule has 0 atom stereocenters. The summed E-state index contributed by atoms with van der Waals surface area (Å²) in [6.07, 6.45) is 3.77. The normalized spacial score (nSPS) is 13.7. The van der Waals surface area contributed by atoms with Gasteiger partial charge in [-0.15, -0.1) is 11.3 Å². The van der Waals surface area contributed by atoms with Gasteiger partial charge in [0.15, 0.2) is 5.78 Å². The lowest BCUT2D eigenvalue weighted by Gasteiger charge is -2.12. The molecule has 6 rings (SSSR count). The second-order valence-electron chi connectivity index (χ2n) is 8.09. The monoisotopic (exact) mass is 444 g/mol. The fourth-order valence-corrected chi connectivity index (χ4v) is 6.14. The van der Waals surface area contributed by atoms with Gasteiger partial charge in [-0.05, 0) is 61.6 Å². The first-order valence-corrected chi connectivity index (χ1v) is 11.3. The highest BCUT2D eigenvalue weighted by Crippen LogP contribution is 2.35. The summed E-state index contributed by atoms with van der Waals surface area (Å²) in [7, 11) is 0. The van der Waals surface area contributed by atoms with Gasteiger partial charge in [-0.3, -0.25) is 18.8 Å². The van der Waals surface area contributed by atoms with E-state index in [4.69, 9.17) is 0 Å². The van der Waals surface area contributed by atoms with E-state index in [1.165, 1.54) is 40.0 Å². The third-order valence-corrected chi connectivity index (χ3v) is 7.52.